The summed E-state index contributed by atoms with van der Waals surface area (Å²) in [6.45, 7) is 4.60. The summed E-state index contributed by atoms with van der Waals surface area (Å²) in [4.78, 5) is 6.36. The average Bonchev–Trinajstić information content (AvgIpc) is 2.86. The molecule has 0 spiro atoms. The molecule has 0 fully saturated rings. The first kappa shape index (κ1) is 13.7. The molecule has 0 amide bonds. The van der Waals surface area contributed by atoms with Crippen LogP contribution in [0.5, 0.6) is 0 Å². The molecule has 1 atom stereocenters. The standard InChI is InChI=1S/C14H18FN3O/c1-4-13-16-14(19-17-13)10(2)18(3)9-11-6-5-7-12(15)8-11/h5-8,10H,4,9H2,1-3H3. The van der Waals surface area contributed by atoms with Gasteiger partial charge in [-0.3, -0.25) is 4.90 Å². The highest BCUT2D eigenvalue weighted by molar-refractivity contribution is 5.16. The van der Waals surface area contributed by atoms with Crippen molar-refractivity contribution >= 4 is 0 Å². The number of halogens is 1. The summed E-state index contributed by atoms with van der Waals surface area (Å²) in [5, 5.41) is 3.89. The van der Waals surface area contributed by atoms with E-state index in [1.807, 2.05) is 31.9 Å². The lowest BCUT2D eigenvalue weighted by molar-refractivity contribution is 0.202. The first-order valence-corrected chi connectivity index (χ1v) is 6.37. The number of hydrogen-bond donors (Lipinski definition) is 0. The van der Waals surface area contributed by atoms with Crippen molar-refractivity contribution in [2.75, 3.05) is 7.05 Å². The summed E-state index contributed by atoms with van der Waals surface area (Å²) < 4.78 is 18.4. The number of rotatable bonds is 5. The molecule has 0 bridgehead atoms. The molecule has 1 aromatic carbocycles. The molecule has 0 saturated carbocycles. The fourth-order valence-corrected chi connectivity index (χ4v) is 1.83. The molecule has 19 heavy (non-hydrogen) atoms. The van der Waals surface area contributed by atoms with Crippen LogP contribution in [0.15, 0.2) is 28.8 Å². The number of aromatic nitrogens is 2. The van der Waals surface area contributed by atoms with Crippen LogP contribution in [0, 0.1) is 5.82 Å². The molecule has 5 heteroatoms. The van der Waals surface area contributed by atoms with Crippen LogP contribution in [0.2, 0.25) is 0 Å². The van der Waals surface area contributed by atoms with Crippen LogP contribution >= 0.6 is 0 Å². The second kappa shape index (κ2) is 5.93. The zero-order valence-corrected chi connectivity index (χ0v) is 11.4. The van der Waals surface area contributed by atoms with Gasteiger partial charge in [-0.1, -0.05) is 24.2 Å². The molecule has 1 aromatic heterocycles. The summed E-state index contributed by atoms with van der Waals surface area (Å²) in [6, 6.07) is 6.59. The van der Waals surface area contributed by atoms with E-state index < -0.39 is 0 Å². The van der Waals surface area contributed by atoms with E-state index in [-0.39, 0.29) is 11.9 Å². The number of nitrogens with zero attached hydrogens (tertiary/aromatic N) is 3. The maximum absolute atomic E-state index is 13.1. The van der Waals surface area contributed by atoms with Gasteiger partial charge in [0, 0.05) is 13.0 Å². The number of benzene rings is 1. The topological polar surface area (TPSA) is 42.2 Å². The van der Waals surface area contributed by atoms with Gasteiger partial charge in [-0.2, -0.15) is 4.98 Å². The van der Waals surface area contributed by atoms with Crippen molar-refractivity contribution in [2.45, 2.75) is 32.9 Å². The van der Waals surface area contributed by atoms with Gasteiger partial charge in [0.05, 0.1) is 6.04 Å². The van der Waals surface area contributed by atoms with Crippen molar-refractivity contribution in [1.82, 2.24) is 15.0 Å². The Kier molecular flexibility index (Phi) is 4.27. The Morgan fingerprint density at radius 1 is 1.42 bits per heavy atom. The van der Waals surface area contributed by atoms with Gasteiger partial charge in [0.25, 0.3) is 0 Å². The van der Waals surface area contributed by atoms with Gasteiger partial charge in [-0.25, -0.2) is 4.39 Å². The van der Waals surface area contributed by atoms with Gasteiger partial charge < -0.3 is 4.52 Å². The summed E-state index contributed by atoms with van der Waals surface area (Å²) in [5.74, 6) is 1.08. The molecule has 1 heterocycles. The third-order valence-electron chi connectivity index (χ3n) is 3.14. The smallest absolute Gasteiger partial charge is 0.243 e. The van der Waals surface area contributed by atoms with E-state index in [1.54, 1.807) is 6.07 Å². The van der Waals surface area contributed by atoms with Crippen molar-refractivity contribution < 1.29 is 8.91 Å². The van der Waals surface area contributed by atoms with Gasteiger partial charge in [0.2, 0.25) is 5.89 Å². The number of aryl methyl sites for hydroxylation is 1. The maximum Gasteiger partial charge on any atom is 0.243 e. The minimum atomic E-state index is -0.218. The lowest BCUT2D eigenvalue weighted by atomic mass is 10.2. The molecular formula is C14H18FN3O. The average molecular weight is 263 g/mol. The minimum Gasteiger partial charge on any atom is -0.338 e. The third-order valence-corrected chi connectivity index (χ3v) is 3.14. The van der Waals surface area contributed by atoms with Crippen LogP contribution in [-0.2, 0) is 13.0 Å². The van der Waals surface area contributed by atoms with Gasteiger partial charge in [0.15, 0.2) is 5.82 Å². The Bertz CT molecular complexity index is 541. The van der Waals surface area contributed by atoms with Crippen LogP contribution in [0.25, 0.3) is 0 Å². The second-order valence-electron chi connectivity index (χ2n) is 4.62. The highest BCUT2D eigenvalue weighted by Gasteiger charge is 2.18. The minimum absolute atomic E-state index is 0.00364. The summed E-state index contributed by atoms with van der Waals surface area (Å²) in [7, 11) is 1.95. The summed E-state index contributed by atoms with van der Waals surface area (Å²) in [5.41, 5.74) is 0.921. The summed E-state index contributed by atoms with van der Waals surface area (Å²) in [6.07, 6.45) is 0.754. The van der Waals surface area contributed by atoms with Crippen LogP contribution in [-0.4, -0.2) is 22.1 Å². The van der Waals surface area contributed by atoms with Crippen molar-refractivity contribution in [2.24, 2.45) is 0 Å². The van der Waals surface area contributed by atoms with Crippen LogP contribution in [0.1, 0.15) is 37.2 Å². The molecule has 0 radical (unpaired) electrons. The van der Waals surface area contributed by atoms with Gasteiger partial charge in [0.1, 0.15) is 5.82 Å². The van der Waals surface area contributed by atoms with Crippen molar-refractivity contribution in [1.29, 1.82) is 0 Å². The Balaban J connectivity index is 2.04. The largest absolute Gasteiger partial charge is 0.338 e. The van der Waals surface area contributed by atoms with Crippen LogP contribution < -0.4 is 0 Å². The Hall–Kier alpha value is -1.75. The van der Waals surface area contributed by atoms with E-state index in [1.165, 1.54) is 12.1 Å². The lowest BCUT2D eigenvalue weighted by Crippen LogP contribution is -2.22. The third kappa shape index (κ3) is 3.38. The SMILES string of the molecule is CCc1noc(C(C)N(C)Cc2cccc(F)c2)n1. The van der Waals surface area contributed by atoms with E-state index in [9.17, 15) is 4.39 Å². The van der Waals surface area contributed by atoms with Gasteiger partial charge in [-0.05, 0) is 31.7 Å². The monoisotopic (exact) mass is 263 g/mol. The zero-order chi connectivity index (χ0) is 13.8. The molecule has 0 aliphatic heterocycles. The van der Waals surface area contributed by atoms with Gasteiger partial charge >= 0.3 is 0 Å². The quantitative estimate of drug-likeness (QED) is 0.831. The molecule has 1 unspecified atom stereocenters. The van der Waals surface area contributed by atoms with Crippen LogP contribution in [0.4, 0.5) is 4.39 Å². The number of hydrogen-bond acceptors (Lipinski definition) is 4. The van der Waals surface area contributed by atoms with E-state index in [2.05, 4.69) is 10.1 Å². The molecule has 2 rings (SSSR count). The lowest BCUT2D eigenvalue weighted by Gasteiger charge is -2.21. The summed E-state index contributed by atoms with van der Waals surface area (Å²) >= 11 is 0. The first-order valence-electron chi connectivity index (χ1n) is 6.37. The van der Waals surface area contributed by atoms with E-state index in [0.717, 1.165) is 12.0 Å². The highest BCUT2D eigenvalue weighted by atomic mass is 19.1. The van der Waals surface area contributed by atoms with E-state index in [0.29, 0.717) is 18.3 Å². The van der Waals surface area contributed by atoms with E-state index in [4.69, 9.17) is 4.52 Å². The van der Waals surface area contributed by atoms with Crippen molar-refractivity contribution in [3.8, 4) is 0 Å². The Labute approximate surface area is 112 Å². The molecule has 4 nitrogen and oxygen atoms in total. The van der Waals surface area contributed by atoms with Crippen molar-refractivity contribution in [3.05, 3.63) is 47.4 Å². The molecule has 2 aromatic rings. The Morgan fingerprint density at radius 2 is 2.21 bits per heavy atom. The Morgan fingerprint density at radius 3 is 2.84 bits per heavy atom. The molecule has 0 aliphatic carbocycles. The molecular weight excluding hydrogens is 245 g/mol. The molecule has 0 saturated heterocycles. The predicted octanol–water partition coefficient (Wildman–Crippen LogP) is 2.96. The first-order chi connectivity index (χ1) is 9.10. The molecule has 0 aliphatic rings. The molecule has 102 valence electrons. The van der Waals surface area contributed by atoms with E-state index >= 15 is 0 Å². The predicted molar refractivity (Wildman–Crippen MR) is 70.0 cm³/mol. The highest BCUT2D eigenvalue weighted by Crippen LogP contribution is 2.19. The van der Waals surface area contributed by atoms with Crippen LogP contribution in [0.3, 0.4) is 0 Å². The fourth-order valence-electron chi connectivity index (χ4n) is 1.83. The fraction of sp³-hybridized carbons (Fsp3) is 0.429. The van der Waals surface area contributed by atoms with Gasteiger partial charge in [-0.15, -0.1) is 0 Å². The maximum atomic E-state index is 13.1. The zero-order valence-electron chi connectivity index (χ0n) is 11.4. The second-order valence-corrected chi connectivity index (χ2v) is 4.62. The normalized spacial score (nSPS) is 12.9. The van der Waals surface area contributed by atoms with Crippen molar-refractivity contribution in [3.63, 3.8) is 0 Å². The molecule has 0 N–H and O–H groups in total.